The molecule has 1 N–H and O–H groups in total. The summed E-state index contributed by atoms with van der Waals surface area (Å²) in [7, 11) is 0. The van der Waals surface area contributed by atoms with Gasteiger partial charge in [0.2, 0.25) is 5.91 Å². The lowest BCUT2D eigenvalue weighted by Crippen LogP contribution is -2.50. The van der Waals surface area contributed by atoms with Gasteiger partial charge in [0.05, 0.1) is 31.3 Å². The Morgan fingerprint density at radius 1 is 1.33 bits per heavy atom. The fraction of sp³-hybridized carbons (Fsp3) is 0.421. The molecule has 5 heteroatoms. The van der Waals surface area contributed by atoms with Crippen molar-refractivity contribution in [3.05, 3.63) is 58.3 Å². The molecule has 0 aliphatic carbocycles. The number of hydrogen-bond donors (Lipinski definition) is 1. The molecular formula is C19H23NO3S. The lowest BCUT2D eigenvalue weighted by Gasteiger charge is -2.38. The number of thiophene rings is 1. The van der Waals surface area contributed by atoms with Gasteiger partial charge in [-0.1, -0.05) is 36.4 Å². The van der Waals surface area contributed by atoms with Crippen LogP contribution in [0.25, 0.3) is 0 Å². The summed E-state index contributed by atoms with van der Waals surface area (Å²) in [5.41, 5.74) is 1.02. The Morgan fingerprint density at radius 3 is 2.83 bits per heavy atom. The third-order valence-electron chi connectivity index (χ3n) is 4.55. The zero-order valence-corrected chi connectivity index (χ0v) is 14.6. The summed E-state index contributed by atoms with van der Waals surface area (Å²) in [6, 6.07) is 13.6. The highest BCUT2D eigenvalue weighted by atomic mass is 32.1. The molecule has 24 heavy (non-hydrogen) atoms. The van der Waals surface area contributed by atoms with Gasteiger partial charge < -0.3 is 14.7 Å². The van der Waals surface area contributed by atoms with Gasteiger partial charge in [-0.25, -0.2) is 0 Å². The van der Waals surface area contributed by atoms with E-state index in [-0.39, 0.29) is 17.9 Å². The normalized spacial score (nSPS) is 20.6. The van der Waals surface area contributed by atoms with Gasteiger partial charge >= 0.3 is 0 Å². The largest absolute Gasteiger partial charge is 0.387 e. The third-order valence-corrected chi connectivity index (χ3v) is 5.52. The van der Waals surface area contributed by atoms with Gasteiger partial charge in [0.1, 0.15) is 0 Å². The van der Waals surface area contributed by atoms with E-state index in [9.17, 15) is 9.90 Å². The van der Waals surface area contributed by atoms with Crippen molar-refractivity contribution in [2.24, 2.45) is 0 Å². The number of morpholine rings is 1. The highest BCUT2D eigenvalue weighted by Crippen LogP contribution is 2.28. The quantitative estimate of drug-likeness (QED) is 0.905. The molecule has 2 aromatic rings. The number of carbonyl (C=O) groups excluding carboxylic acids is 1. The number of amides is 1. The second-order valence-electron chi connectivity index (χ2n) is 6.16. The van der Waals surface area contributed by atoms with Crippen molar-refractivity contribution >= 4 is 17.2 Å². The Labute approximate surface area is 146 Å². The second-order valence-corrected chi connectivity index (χ2v) is 7.14. The molecule has 0 saturated carbocycles. The van der Waals surface area contributed by atoms with Crippen molar-refractivity contribution in [3.63, 3.8) is 0 Å². The van der Waals surface area contributed by atoms with Crippen molar-refractivity contribution in [3.8, 4) is 0 Å². The summed E-state index contributed by atoms with van der Waals surface area (Å²) in [6.07, 6.45) is -0.0488. The van der Waals surface area contributed by atoms with Crippen LogP contribution in [0.15, 0.2) is 47.8 Å². The molecule has 1 aromatic carbocycles. The summed E-state index contributed by atoms with van der Waals surface area (Å²) in [4.78, 5) is 15.8. The Morgan fingerprint density at radius 2 is 2.12 bits per heavy atom. The van der Waals surface area contributed by atoms with E-state index in [2.05, 4.69) is 0 Å². The van der Waals surface area contributed by atoms with Crippen LogP contribution in [0.5, 0.6) is 0 Å². The van der Waals surface area contributed by atoms with Crippen LogP contribution in [0.3, 0.4) is 0 Å². The molecule has 0 spiro atoms. The first-order valence-electron chi connectivity index (χ1n) is 8.31. The average molecular weight is 345 g/mol. The van der Waals surface area contributed by atoms with Crippen molar-refractivity contribution in [1.82, 2.24) is 4.90 Å². The molecule has 4 nitrogen and oxygen atoms in total. The number of hydrogen-bond acceptors (Lipinski definition) is 4. The predicted molar refractivity (Wildman–Crippen MR) is 95.1 cm³/mol. The van der Waals surface area contributed by atoms with Crippen molar-refractivity contribution in [2.45, 2.75) is 31.4 Å². The van der Waals surface area contributed by atoms with Gasteiger partial charge in [-0.3, -0.25) is 4.79 Å². The Kier molecular flexibility index (Phi) is 5.66. The maximum Gasteiger partial charge on any atom is 0.230 e. The van der Waals surface area contributed by atoms with Crippen LogP contribution in [-0.4, -0.2) is 41.7 Å². The SMILES string of the molecule is C[C@H](C(=O)N1CCOC[C@@H]1C[C@H](O)c1cccs1)c1ccccc1. The van der Waals surface area contributed by atoms with Crippen LogP contribution >= 0.6 is 11.3 Å². The first-order chi connectivity index (χ1) is 11.7. The highest BCUT2D eigenvalue weighted by Gasteiger charge is 2.32. The minimum absolute atomic E-state index is 0.0884. The van der Waals surface area contributed by atoms with Gasteiger partial charge in [0, 0.05) is 17.8 Å². The van der Waals surface area contributed by atoms with Gasteiger partial charge in [0.25, 0.3) is 0 Å². The van der Waals surface area contributed by atoms with Crippen LogP contribution < -0.4 is 0 Å². The maximum atomic E-state index is 13.0. The number of benzene rings is 1. The van der Waals surface area contributed by atoms with Gasteiger partial charge in [-0.2, -0.15) is 0 Å². The number of ether oxygens (including phenoxy) is 1. The molecular weight excluding hydrogens is 322 g/mol. The lowest BCUT2D eigenvalue weighted by atomic mass is 9.97. The smallest absolute Gasteiger partial charge is 0.230 e. The first kappa shape index (κ1) is 17.1. The first-order valence-corrected chi connectivity index (χ1v) is 9.19. The molecule has 128 valence electrons. The minimum Gasteiger partial charge on any atom is -0.387 e. The average Bonchev–Trinajstić information content (AvgIpc) is 3.16. The molecule has 0 bridgehead atoms. The summed E-state index contributed by atoms with van der Waals surface area (Å²) in [5, 5.41) is 12.4. The van der Waals surface area contributed by atoms with Crippen LogP contribution in [0.1, 0.15) is 35.8 Å². The zero-order chi connectivity index (χ0) is 16.9. The molecule has 3 atom stereocenters. The van der Waals surface area contributed by atoms with Crippen LogP contribution in [-0.2, 0) is 9.53 Å². The third kappa shape index (κ3) is 3.86. The van der Waals surface area contributed by atoms with Gasteiger partial charge in [-0.15, -0.1) is 11.3 Å². The summed E-state index contributed by atoms with van der Waals surface area (Å²) in [5.74, 6) is -0.0847. The van der Waals surface area contributed by atoms with E-state index in [1.807, 2.05) is 59.7 Å². The van der Waals surface area contributed by atoms with E-state index >= 15 is 0 Å². The van der Waals surface area contributed by atoms with Crippen LogP contribution in [0.4, 0.5) is 0 Å². The molecule has 1 fully saturated rings. The number of aliphatic hydroxyl groups is 1. The summed E-state index contributed by atoms with van der Waals surface area (Å²) >= 11 is 1.54. The topological polar surface area (TPSA) is 49.8 Å². The fourth-order valence-electron chi connectivity index (χ4n) is 3.13. The molecule has 1 saturated heterocycles. The number of rotatable bonds is 5. The molecule has 0 unspecified atom stereocenters. The van der Waals surface area contributed by atoms with Crippen molar-refractivity contribution in [2.75, 3.05) is 19.8 Å². The van der Waals surface area contributed by atoms with E-state index in [4.69, 9.17) is 4.74 Å². The van der Waals surface area contributed by atoms with Gasteiger partial charge in [-0.05, 0) is 23.9 Å². The predicted octanol–water partition coefficient (Wildman–Crippen LogP) is 3.20. The molecule has 1 amide bonds. The monoisotopic (exact) mass is 345 g/mol. The van der Waals surface area contributed by atoms with E-state index in [1.165, 1.54) is 11.3 Å². The van der Waals surface area contributed by atoms with Crippen LogP contribution in [0.2, 0.25) is 0 Å². The maximum absolute atomic E-state index is 13.0. The van der Waals surface area contributed by atoms with E-state index < -0.39 is 6.10 Å². The fourth-order valence-corrected chi connectivity index (χ4v) is 3.85. The van der Waals surface area contributed by atoms with Crippen LogP contribution in [0, 0.1) is 0 Å². The number of carbonyl (C=O) groups is 1. The van der Waals surface area contributed by atoms with E-state index in [1.54, 1.807) is 0 Å². The summed E-state index contributed by atoms with van der Waals surface area (Å²) in [6.45, 7) is 3.56. The lowest BCUT2D eigenvalue weighted by molar-refractivity contribution is -0.142. The summed E-state index contributed by atoms with van der Waals surface area (Å²) < 4.78 is 5.56. The molecule has 3 rings (SSSR count). The molecule has 1 aliphatic heterocycles. The Bertz CT molecular complexity index is 644. The van der Waals surface area contributed by atoms with Crippen molar-refractivity contribution < 1.29 is 14.6 Å². The number of aliphatic hydroxyl groups excluding tert-OH is 1. The van der Waals surface area contributed by atoms with Crippen molar-refractivity contribution in [1.29, 1.82) is 0 Å². The van der Waals surface area contributed by atoms with E-state index in [0.29, 0.717) is 26.2 Å². The molecule has 1 aliphatic rings. The number of nitrogens with zero attached hydrogens (tertiary/aromatic N) is 1. The Hall–Kier alpha value is -1.69. The highest BCUT2D eigenvalue weighted by molar-refractivity contribution is 7.10. The standard InChI is InChI=1S/C19H23NO3S/c1-14(15-6-3-2-4-7-15)19(22)20-9-10-23-13-16(20)12-17(21)18-8-5-11-24-18/h2-8,11,14,16-17,21H,9-10,12-13H2,1H3/t14-,16-,17-/m0/s1. The zero-order valence-electron chi connectivity index (χ0n) is 13.8. The second kappa shape index (κ2) is 7.92. The Balaban J connectivity index is 1.70. The molecule has 1 aromatic heterocycles. The van der Waals surface area contributed by atoms with E-state index in [0.717, 1.165) is 10.4 Å². The van der Waals surface area contributed by atoms with Gasteiger partial charge in [0.15, 0.2) is 0 Å². The minimum atomic E-state index is -0.556. The molecule has 0 radical (unpaired) electrons. The molecule has 2 heterocycles.